The van der Waals surface area contributed by atoms with E-state index in [0.717, 1.165) is 0 Å². The molecule has 1 aliphatic rings. The van der Waals surface area contributed by atoms with E-state index in [4.69, 9.17) is 5.26 Å². The van der Waals surface area contributed by atoms with Crippen molar-refractivity contribution in [3.63, 3.8) is 0 Å². The van der Waals surface area contributed by atoms with Gasteiger partial charge in [-0.05, 0) is 48.9 Å². The fraction of sp³-hybridized carbons (Fsp3) is 0.176. The van der Waals surface area contributed by atoms with Gasteiger partial charge in [-0.1, -0.05) is 0 Å². The lowest BCUT2D eigenvalue weighted by atomic mass is 10.1. The Labute approximate surface area is 145 Å². The molecule has 1 saturated heterocycles. The van der Waals surface area contributed by atoms with E-state index in [0.29, 0.717) is 29.8 Å². The zero-order valence-corrected chi connectivity index (χ0v) is 14.0. The zero-order chi connectivity index (χ0) is 18.0. The number of phenols is 1. The summed E-state index contributed by atoms with van der Waals surface area (Å²) in [4.78, 5) is 12.3. The Morgan fingerprint density at radius 1 is 1.20 bits per heavy atom. The lowest BCUT2D eigenvalue weighted by Gasteiger charge is -2.18. The van der Waals surface area contributed by atoms with Crippen molar-refractivity contribution in [2.75, 3.05) is 21.9 Å². The number of amides is 1. The van der Waals surface area contributed by atoms with Crippen LogP contribution in [0.2, 0.25) is 0 Å². The number of aromatic hydroxyl groups is 1. The number of benzene rings is 2. The number of nitrogens with zero attached hydrogens (tertiary/aromatic N) is 2. The second-order valence-electron chi connectivity index (χ2n) is 5.59. The zero-order valence-electron chi connectivity index (χ0n) is 13.1. The van der Waals surface area contributed by atoms with Crippen molar-refractivity contribution in [1.82, 2.24) is 0 Å². The number of anilines is 2. The number of rotatable bonds is 3. The van der Waals surface area contributed by atoms with E-state index in [-0.39, 0.29) is 17.2 Å². The van der Waals surface area contributed by atoms with E-state index >= 15 is 0 Å². The van der Waals surface area contributed by atoms with E-state index < -0.39 is 15.9 Å². The van der Waals surface area contributed by atoms with Crippen LogP contribution < -0.4 is 9.62 Å². The quantitative estimate of drug-likeness (QED) is 0.817. The summed E-state index contributed by atoms with van der Waals surface area (Å²) in [5.41, 5.74) is 1.26. The minimum absolute atomic E-state index is 0.0841. The lowest BCUT2D eigenvalue weighted by Crippen LogP contribution is -2.25. The summed E-state index contributed by atoms with van der Waals surface area (Å²) < 4.78 is 25.3. The van der Waals surface area contributed by atoms with Crippen molar-refractivity contribution < 1.29 is 18.3 Å². The standard InChI is InChI=1S/C17H15N3O4S/c18-11-12-2-4-13(5-3-12)17(22)19-15-10-14(6-7-16(15)21)20-8-1-9-25(20,23)24/h2-7,10,21H,1,8-9H2,(H,19,22). The highest BCUT2D eigenvalue weighted by molar-refractivity contribution is 7.93. The van der Waals surface area contributed by atoms with Crippen LogP contribution in [0, 0.1) is 11.3 Å². The van der Waals surface area contributed by atoms with Gasteiger partial charge in [-0.25, -0.2) is 8.42 Å². The first kappa shape index (κ1) is 16.8. The first-order chi connectivity index (χ1) is 11.9. The number of carbonyl (C=O) groups is 1. The minimum Gasteiger partial charge on any atom is -0.506 e. The molecule has 1 fully saturated rings. The van der Waals surface area contributed by atoms with Gasteiger partial charge in [-0.3, -0.25) is 9.10 Å². The van der Waals surface area contributed by atoms with Crippen LogP contribution in [0.3, 0.4) is 0 Å². The molecule has 1 aliphatic heterocycles. The van der Waals surface area contributed by atoms with Crippen LogP contribution in [0.15, 0.2) is 42.5 Å². The third kappa shape index (κ3) is 3.41. The second kappa shape index (κ2) is 6.45. The molecule has 0 radical (unpaired) electrons. The molecular formula is C17H15N3O4S. The fourth-order valence-corrected chi connectivity index (χ4v) is 4.16. The van der Waals surface area contributed by atoms with Crippen LogP contribution in [0.25, 0.3) is 0 Å². The Morgan fingerprint density at radius 2 is 1.92 bits per heavy atom. The Bertz CT molecular complexity index is 962. The average molecular weight is 357 g/mol. The highest BCUT2D eigenvalue weighted by atomic mass is 32.2. The van der Waals surface area contributed by atoms with Gasteiger partial charge in [-0.2, -0.15) is 5.26 Å². The number of nitriles is 1. The van der Waals surface area contributed by atoms with E-state index in [2.05, 4.69) is 5.32 Å². The molecule has 0 unspecified atom stereocenters. The Hall–Kier alpha value is -3.05. The first-order valence-corrected chi connectivity index (χ1v) is 9.16. The fourth-order valence-electron chi connectivity index (χ4n) is 2.60. The van der Waals surface area contributed by atoms with Gasteiger partial charge in [0.2, 0.25) is 10.0 Å². The van der Waals surface area contributed by atoms with Crippen LogP contribution in [0.4, 0.5) is 11.4 Å². The van der Waals surface area contributed by atoms with Gasteiger partial charge in [0.15, 0.2) is 0 Å². The molecule has 2 N–H and O–H groups in total. The monoisotopic (exact) mass is 357 g/mol. The van der Waals surface area contributed by atoms with E-state index in [9.17, 15) is 18.3 Å². The molecular weight excluding hydrogens is 342 g/mol. The van der Waals surface area contributed by atoms with Crippen molar-refractivity contribution in [2.45, 2.75) is 6.42 Å². The highest BCUT2D eigenvalue weighted by Crippen LogP contribution is 2.32. The number of carbonyl (C=O) groups excluding carboxylic acids is 1. The number of hydrogen-bond acceptors (Lipinski definition) is 5. The van der Waals surface area contributed by atoms with Gasteiger partial charge in [-0.15, -0.1) is 0 Å². The Balaban J connectivity index is 1.85. The molecule has 128 valence electrons. The second-order valence-corrected chi connectivity index (χ2v) is 7.60. The highest BCUT2D eigenvalue weighted by Gasteiger charge is 2.28. The van der Waals surface area contributed by atoms with Crippen LogP contribution in [0.5, 0.6) is 5.75 Å². The summed E-state index contributed by atoms with van der Waals surface area (Å²) in [6.45, 7) is 0.371. The SMILES string of the molecule is N#Cc1ccc(C(=O)Nc2cc(N3CCCS3(=O)=O)ccc2O)cc1. The minimum atomic E-state index is -3.35. The predicted octanol–water partition coefficient (Wildman–Crippen LogP) is 2.06. The normalized spacial score (nSPS) is 15.6. The van der Waals surface area contributed by atoms with Crippen molar-refractivity contribution in [1.29, 1.82) is 5.26 Å². The molecule has 0 aromatic heterocycles. The van der Waals surface area contributed by atoms with E-state index in [1.54, 1.807) is 0 Å². The molecule has 1 heterocycles. The maximum Gasteiger partial charge on any atom is 0.255 e. The lowest BCUT2D eigenvalue weighted by molar-refractivity contribution is 0.102. The summed E-state index contributed by atoms with van der Waals surface area (Å²) in [5.74, 6) is -0.551. The van der Waals surface area contributed by atoms with E-state index in [1.165, 1.54) is 46.8 Å². The molecule has 3 rings (SSSR count). The van der Waals surface area contributed by atoms with E-state index in [1.807, 2.05) is 6.07 Å². The maximum absolute atomic E-state index is 12.3. The number of sulfonamides is 1. The van der Waals surface area contributed by atoms with Gasteiger partial charge in [0.25, 0.3) is 5.91 Å². The summed E-state index contributed by atoms with van der Waals surface area (Å²) in [7, 11) is -3.35. The Morgan fingerprint density at radius 3 is 2.52 bits per heavy atom. The maximum atomic E-state index is 12.3. The third-order valence-electron chi connectivity index (χ3n) is 3.89. The summed E-state index contributed by atoms with van der Waals surface area (Å²) in [6, 6.07) is 12.3. The van der Waals surface area contributed by atoms with Gasteiger partial charge >= 0.3 is 0 Å². The van der Waals surface area contributed by atoms with Crippen LogP contribution in [-0.2, 0) is 10.0 Å². The van der Waals surface area contributed by atoms with Gasteiger partial charge < -0.3 is 10.4 Å². The smallest absolute Gasteiger partial charge is 0.255 e. The molecule has 1 amide bonds. The van der Waals surface area contributed by atoms with Crippen LogP contribution in [-0.4, -0.2) is 31.7 Å². The Kier molecular flexibility index (Phi) is 4.33. The van der Waals surface area contributed by atoms with Gasteiger partial charge in [0.05, 0.1) is 28.8 Å². The van der Waals surface area contributed by atoms with Crippen molar-refractivity contribution in [3.05, 3.63) is 53.6 Å². The topological polar surface area (TPSA) is 111 Å². The molecule has 25 heavy (non-hydrogen) atoms. The van der Waals surface area contributed by atoms with Gasteiger partial charge in [0.1, 0.15) is 5.75 Å². The molecule has 8 heteroatoms. The van der Waals surface area contributed by atoms with Crippen LogP contribution >= 0.6 is 0 Å². The first-order valence-electron chi connectivity index (χ1n) is 7.56. The summed E-state index contributed by atoms with van der Waals surface area (Å²) in [6.07, 6.45) is 0.538. The molecule has 0 atom stereocenters. The van der Waals surface area contributed by atoms with Crippen molar-refractivity contribution in [3.8, 4) is 11.8 Å². The van der Waals surface area contributed by atoms with Crippen LogP contribution in [0.1, 0.15) is 22.3 Å². The number of phenolic OH excluding ortho intramolecular Hbond substituents is 1. The number of nitrogens with one attached hydrogen (secondary N) is 1. The number of hydrogen-bond donors (Lipinski definition) is 2. The van der Waals surface area contributed by atoms with Gasteiger partial charge in [0, 0.05) is 12.1 Å². The molecule has 0 aliphatic carbocycles. The molecule has 0 saturated carbocycles. The predicted molar refractivity (Wildman–Crippen MR) is 93.0 cm³/mol. The molecule has 2 aromatic rings. The van der Waals surface area contributed by atoms with Crippen molar-refractivity contribution >= 4 is 27.3 Å². The average Bonchev–Trinajstić information content (AvgIpc) is 2.96. The van der Waals surface area contributed by atoms with Crippen molar-refractivity contribution in [2.24, 2.45) is 0 Å². The summed E-state index contributed by atoms with van der Waals surface area (Å²) >= 11 is 0. The summed E-state index contributed by atoms with van der Waals surface area (Å²) in [5, 5.41) is 21.3. The molecule has 0 spiro atoms. The molecule has 0 bridgehead atoms. The molecule has 7 nitrogen and oxygen atoms in total. The largest absolute Gasteiger partial charge is 0.506 e. The molecule has 2 aromatic carbocycles. The third-order valence-corrected chi connectivity index (χ3v) is 5.76.